The van der Waals surface area contributed by atoms with Gasteiger partial charge in [-0.05, 0) is 54.0 Å². The van der Waals surface area contributed by atoms with E-state index in [0.717, 1.165) is 30.9 Å². The van der Waals surface area contributed by atoms with Crippen LogP contribution < -0.4 is 5.32 Å². The molecule has 0 saturated carbocycles. The summed E-state index contributed by atoms with van der Waals surface area (Å²) in [5.74, 6) is -0.150. The summed E-state index contributed by atoms with van der Waals surface area (Å²) in [5.41, 5.74) is 4.10. The minimum Gasteiger partial charge on any atom is -0.349 e. The number of aromatic amines is 1. The van der Waals surface area contributed by atoms with Crippen LogP contribution in [-0.2, 0) is 13.1 Å². The monoisotopic (exact) mass is 572 g/mol. The number of hydrogen-bond acceptors (Lipinski definition) is 5. The highest BCUT2D eigenvalue weighted by Crippen LogP contribution is 2.40. The normalized spacial score (nSPS) is 11.3. The number of H-pyrrole nitrogens is 1. The van der Waals surface area contributed by atoms with Gasteiger partial charge in [-0.2, -0.15) is 5.10 Å². The number of nitrogens with zero attached hydrogens (tertiary/aromatic N) is 4. The molecule has 11 heteroatoms. The summed E-state index contributed by atoms with van der Waals surface area (Å²) < 4.78 is 5.32. The number of amides is 1. The Morgan fingerprint density at radius 2 is 2.27 bits per heavy atom. The lowest BCUT2D eigenvalue weighted by Gasteiger charge is -2.12. The number of rotatable bonds is 6. The first-order valence-corrected chi connectivity index (χ1v) is 12.0. The van der Waals surface area contributed by atoms with Gasteiger partial charge in [-0.25, -0.2) is 4.98 Å². The van der Waals surface area contributed by atoms with Crippen molar-refractivity contribution in [3.05, 3.63) is 48.5 Å². The number of aromatic nitrogens is 5. The molecule has 0 radical (unpaired) electrons. The quantitative estimate of drug-likeness (QED) is 0.251. The fourth-order valence-corrected chi connectivity index (χ4v) is 6.03. The van der Waals surface area contributed by atoms with Gasteiger partial charge in [0, 0.05) is 19.6 Å². The van der Waals surface area contributed by atoms with Crippen LogP contribution in [0.4, 0.5) is 0 Å². The first-order chi connectivity index (χ1) is 14.4. The van der Waals surface area contributed by atoms with Crippen LogP contribution in [0.1, 0.15) is 23.1 Å². The molecule has 0 fully saturated rings. The maximum atomic E-state index is 12.7. The molecule has 0 atom stereocenters. The Hall–Kier alpha value is -1.76. The molecule has 4 aromatic heterocycles. The second kappa shape index (κ2) is 8.77. The van der Waals surface area contributed by atoms with Gasteiger partial charge in [0.05, 0.1) is 36.7 Å². The van der Waals surface area contributed by atoms with Crippen LogP contribution in [0.25, 0.3) is 21.6 Å². The van der Waals surface area contributed by atoms with E-state index in [1.807, 2.05) is 25.3 Å². The molecule has 0 spiro atoms. The second-order valence-corrected chi connectivity index (χ2v) is 9.37. The first-order valence-electron chi connectivity index (χ1n) is 9.23. The molecule has 156 valence electrons. The Morgan fingerprint density at radius 3 is 2.97 bits per heavy atom. The number of aryl methyl sites for hydroxylation is 2. The average Bonchev–Trinajstić information content (AvgIpc) is 3.38. The predicted octanol–water partition coefficient (Wildman–Crippen LogP) is 5.04. The topological polar surface area (TPSA) is 80.5 Å². The highest BCUT2D eigenvalue weighted by atomic mass is 127. The summed E-state index contributed by atoms with van der Waals surface area (Å²) in [7, 11) is 0. The molecule has 0 bridgehead atoms. The Labute approximate surface area is 200 Å². The van der Waals surface area contributed by atoms with Crippen LogP contribution in [-0.4, -0.2) is 36.8 Å². The molecular formula is C19H18ClIN6OS2. The van der Waals surface area contributed by atoms with Gasteiger partial charge in [0.15, 0.2) is 4.64 Å². The fraction of sp³-hybridized carbons (Fsp3) is 0.263. The SMILES string of the molecule is CCn1nc(C)cc1C(=O)NCCn1c(-c2sccc2Cl)c(I)c2[nH]cnc(=S)c21. The Kier molecular flexibility index (Phi) is 6.28. The summed E-state index contributed by atoms with van der Waals surface area (Å²) in [5, 5.41) is 9.99. The van der Waals surface area contributed by atoms with Crippen molar-refractivity contribution < 1.29 is 4.79 Å². The fourth-order valence-electron chi connectivity index (χ4n) is 3.41. The third kappa shape index (κ3) is 3.81. The van der Waals surface area contributed by atoms with Crippen molar-refractivity contribution in [3.63, 3.8) is 0 Å². The van der Waals surface area contributed by atoms with Gasteiger partial charge >= 0.3 is 0 Å². The lowest BCUT2D eigenvalue weighted by atomic mass is 10.3. The smallest absolute Gasteiger partial charge is 0.269 e. The van der Waals surface area contributed by atoms with Crippen molar-refractivity contribution in [1.82, 2.24) is 29.6 Å². The summed E-state index contributed by atoms with van der Waals surface area (Å²) in [6.07, 6.45) is 1.60. The van der Waals surface area contributed by atoms with E-state index in [-0.39, 0.29) is 5.91 Å². The minimum atomic E-state index is -0.150. The van der Waals surface area contributed by atoms with Crippen molar-refractivity contribution in [1.29, 1.82) is 0 Å². The maximum absolute atomic E-state index is 12.7. The van der Waals surface area contributed by atoms with Gasteiger partial charge in [0.1, 0.15) is 11.2 Å². The third-order valence-electron chi connectivity index (χ3n) is 4.68. The highest BCUT2D eigenvalue weighted by Gasteiger charge is 2.22. The first kappa shape index (κ1) is 21.5. The average molecular weight is 573 g/mol. The van der Waals surface area contributed by atoms with E-state index in [0.29, 0.717) is 35.0 Å². The lowest BCUT2D eigenvalue weighted by Crippen LogP contribution is -2.29. The van der Waals surface area contributed by atoms with Crippen LogP contribution in [0.15, 0.2) is 23.8 Å². The molecule has 0 aromatic carbocycles. The van der Waals surface area contributed by atoms with Crippen molar-refractivity contribution in [2.75, 3.05) is 6.54 Å². The number of carbonyl (C=O) groups excluding carboxylic acids is 1. The number of carbonyl (C=O) groups is 1. The maximum Gasteiger partial charge on any atom is 0.269 e. The van der Waals surface area contributed by atoms with E-state index in [2.05, 4.69) is 47.5 Å². The number of nitrogens with one attached hydrogen (secondary N) is 2. The van der Waals surface area contributed by atoms with E-state index in [1.54, 1.807) is 28.4 Å². The number of halogens is 2. The zero-order valence-electron chi connectivity index (χ0n) is 16.2. The standard InChI is InChI=1S/C19H18ClIN6OS2/c1-3-27-12(8-10(2)25-27)18(28)22-5-6-26-15(17-11(20)4-7-30-17)13(21)14-16(26)19(29)24-9-23-14/h4,7-9H,3,5-6H2,1-2H3,(H,22,28)(H,23,24,29). The van der Waals surface area contributed by atoms with Crippen LogP contribution in [0.5, 0.6) is 0 Å². The van der Waals surface area contributed by atoms with Gasteiger partial charge in [0.2, 0.25) is 0 Å². The summed E-state index contributed by atoms with van der Waals surface area (Å²) in [6, 6.07) is 3.68. The van der Waals surface area contributed by atoms with E-state index in [1.165, 1.54) is 0 Å². The third-order valence-corrected chi connectivity index (χ3v) is 7.38. The van der Waals surface area contributed by atoms with Crippen LogP contribution in [0.3, 0.4) is 0 Å². The van der Waals surface area contributed by atoms with Gasteiger partial charge in [-0.15, -0.1) is 11.3 Å². The van der Waals surface area contributed by atoms with Crippen molar-refractivity contribution in [2.24, 2.45) is 0 Å². The molecule has 30 heavy (non-hydrogen) atoms. The molecule has 2 N–H and O–H groups in total. The zero-order chi connectivity index (χ0) is 21.4. The van der Waals surface area contributed by atoms with Crippen LogP contribution >= 0.6 is 57.7 Å². The van der Waals surface area contributed by atoms with E-state index >= 15 is 0 Å². The zero-order valence-corrected chi connectivity index (χ0v) is 20.7. The van der Waals surface area contributed by atoms with E-state index in [9.17, 15) is 4.79 Å². The Bertz CT molecular complexity index is 1300. The molecule has 1 amide bonds. The summed E-state index contributed by atoms with van der Waals surface area (Å²) in [6.45, 7) is 5.42. The van der Waals surface area contributed by atoms with Gasteiger partial charge in [0.25, 0.3) is 5.91 Å². The van der Waals surface area contributed by atoms with E-state index in [4.69, 9.17) is 23.8 Å². The number of fused-ring (bicyclic) bond motifs is 1. The van der Waals surface area contributed by atoms with Gasteiger partial charge in [-0.3, -0.25) is 9.48 Å². The minimum absolute atomic E-state index is 0.150. The Balaban J connectivity index is 1.68. The van der Waals surface area contributed by atoms with Crippen LogP contribution in [0, 0.1) is 15.1 Å². The van der Waals surface area contributed by atoms with Gasteiger partial charge < -0.3 is 14.9 Å². The molecule has 0 unspecified atom stereocenters. The predicted molar refractivity (Wildman–Crippen MR) is 131 cm³/mol. The molecule has 7 nitrogen and oxygen atoms in total. The largest absolute Gasteiger partial charge is 0.349 e. The molecule has 4 aromatic rings. The molecule has 0 saturated heterocycles. The van der Waals surface area contributed by atoms with Gasteiger partial charge in [-0.1, -0.05) is 23.8 Å². The molecule has 0 aliphatic rings. The molecule has 4 heterocycles. The van der Waals surface area contributed by atoms with Crippen molar-refractivity contribution in [3.8, 4) is 10.6 Å². The van der Waals surface area contributed by atoms with E-state index < -0.39 is 0 Å². The van der Waals surface area contributed by atoms with Crippen LogP contribution in [0.2, 0.25) is 5.02 Å². The molecule has 0 aliphatic carbocycles. The van der Waals surface area contributed by atoms with Crippen molar-refractivity contribution >= 4 is 74.7 Å². The summed E-state index contributed by atoms with van der Waals surface area (Å²) >= 11 is 15.8. The molecule has 0 aliphatic heterocycles. The number of hydrogen-bond donors (Lipinski definition) is 2. The highest BCUT2D eigenvalue weighted by molar-refractivity contribution is 14.1. The van der Waals surface area contributed by atoms with Crippen molar-refractivity contribution in [2.45, 2.75) is 26.9 Å². The Morgan fingerprint density at radius 1 is 1.47 bits per heavy atom. The number of thiophene rings is 1. The summed E-state index contributed by atoms with van der Waals surface area (Å²) in [4.78, 5) is 21.1. The molecule has 4 rings (SSSR count). The lowest BCUT2D eigenvalue weighted by molar-refractivity contribution is 0.0942. The second-order valence-electron chi connectivity index (χ2n) is 6.59. The molecular weight excluding hydrogens is 555 g/mol.